The van der Waals surface area contributed by atoms with Crippen molar-refractivity contribution >= 4 is 15.8 Å². The molecule has 0 bridgehead atoms. The number of aliphatic imine (C=N–C) groups is 1. The molecule has 2 rings (SSSR count). The van der Waals surface area contributed by atoms with Gasteiger partial charge in [-0.1, -0.05) is 0 Å². The fourth-order valence-electron chi connectivity index (χ4n) is 2.74. The molecule has 0 amide bonds. The number of aromatic nitrogens is 2. The fourth-order valence-corrected chi connectivity index (χ4v) is 4.10. The third-order valence-corrected chi connectivity index (χ3v) is 6.70. The zero-order chi connectivity index (χ0) is 19.0. The van der Waals surface area contributed by atoms with E-state index in [1.54, 1.807) is 18.7 Å². The van der Waals surface area contributed by atoms with E-state index in [1.807, 2.05) is 0 Å². The third-order valence-electron chi connectivity index (χ3n) is 4.16. The van der Waals surface area contributed by atoms with Gasteiger partial charge in [0.15, 0.2) is 21.5 Å². The Kier molecular flexibility index (Phi) is 5.08. The lowest BCUT2D eigenvalue weighted by molar-refractivity contribution is -0.142. The summed E-state index contributed by atoms with van der Waals surface area (Å²) in [6, 6.07) is 0. The quantitative estimate of drug-likeness (QED) is 0.611. The summed E-state index contributed by atoms with van der Waals surface area (Å²) < 4.78 is 63.3. The summed E-state index contributed by atoms with van der Waals surface area (Å²) in [5.41, 5.74) is -0.945. The maximum Gasteiger partial charge on any atom is 0.435 e. The predicted molar refractivity (Wildman–Crippen MR) is 87.8 cm³/mol. The van der Waals surface area contributed by atoms with Gasteiger partial charge in [-0.25, -0.2) is 8.42 Å². The molecule has 0 unspecified atom stereocenters. The van der Waals surface area contributed by atoms with Crippen molar-refractivity contribution in [1.82, 2.24) is 20.0 Å². The van der Waals surface area contributed by atoms with Crippen LogP contribution in [0.3, 0.4) is 0 Å². The molecule has 1 aromatic rings. The number of nitrogens with zero attached hydrogens (tertiary/aromatic N) is 4. The lowest BCUT2D eigenvalue weighted by atomic mass is 10.2. The van der Waals surface area contributed by atoms with E-state index < -0.39 is 26.5 Å². The number of hydrogen-bond donors (Lipinski definition) is 1. The molecule has 2 heterocycles. The van der Waals surface area contributed by atoms with Crippen LogP contribution in [0.4, 0.5) is 13.2 Å². The molecular weight excluding hydrogens is 359 g/mol. The van der Waals surface area contributed by atoms with Crippen LogP contribution in [0.2, 0.25) is 0 Å². The van der Waals surface area contributed by atoms with Gasteiger partial charge in [-0.15, -0.1) is 0 Å². The van der Waals surface area contributed by atoms with Crippen molar-refractivity contribution in [2.24, 2.45) is 12.0 Å². The fraction of sp³-hybridized carbons (Fsp3) is 0.714. The highest BCUT2D eigenvalue weighted by Gasteiger charge is 2.41. The zero-order valence-corrected chi connectivity index (χ0v) is 15.4. The largest absolute Gasteiger partial charge is 0.435 e. The summed E-state index contributed by atoms with van der Waals surface area (Å²) in [5, 5.41) is 6.33. The van der Waals surface area contributed by atoms with Crippen molar-refractivity contribution < 1.29 is 21.6 Å². The van der Waals surface area contributed by atoms with Crippen molar-refractivity contribution in [3.63, 3.8) is 0 Å². The number of aryl methyl sites for hydroxylation is 1. The van der Waals surface area contributed by atoms with Gasteiger partial charge in [0.2, 0.25) is 0 Å². The van der Waals surface area contributed by atoms with E-state index in [0.717, 1.165) is 4.68 Å². The van der Waals surface area contributed by atoms with Gasteiger partial charge in [0.05, 0.1) is 10.5 Å². The second-order valence-corrected chi connectivity index (χ2v) is 9.32. The molecule has 1 aliphatic heterocycles. The molecule has 1 aliphatic rings. The van der Waals surface area contributed by atoms with Gasteiger partial charge < -0.3 is 10.2 Å². The molecule has 0 aromatic carbocycles. The molecule has 0 aliphatic carbocycles. The molecule has 7 nitrogen and oxygen atoms in total. The Bertz CT molecular complexity index is 768. The number of guanidine groups is 1. The molecule has 0 atom stereocenters. The van der Waals surface area contributed by atoms with Crippen molar-refractivity contribution in [3.8, 4) is 0 Å². The lowest BCUT2D eigenvalue weighted by Gasteiger charge is -2.39. The normalized spacial score (nSPS) is 20.6. The van der Waals surface area contributed by atoms with E-state index in [4.69, 9.17) is 0 Å². The topological polar surface area (TPSA) is 79.6 Å². The molecule has 25 heavy (non-hydrogen) atoms. The average Bonchev–Trinajstić information content (AvgIpc) is 2.84. The molecule has 1 N–H and O–H groups in total. The van der Waals surface area contributed by atoms with Crippen LogP contribution >= 0.6 is 0 Å². The van der Waals surface area contributed by atoms with E-state index in [1.165, 1.54) is 20.3 Å². The Morgan fingerprint density at radius 1 is 1.44 bits per heavy atom. The van der Waals surface area contributed by atoms with E-state index >= 15 is 0 Å². The summed E-state index contributed by atoms with van der Waals surface area (Å²) in [6.07, 6.45) is -3.24. The Labute approximate surface area is 144 Å². The number of halogens is 3. The van der Waals surface area contributed by atoms with Crippen LogP contribution < -0.4 is 5.32 Å². The molecule has 0 saturated carbocycles. The molecule has 1 fully saturated rings. The molecule has 0 radical (unpaired) electrons. The predicted octanol–water partition coefficient (Wildman–Crippen LogP) is 1.02. The Morgan fingerprint density at radius 2 is 2.08 bits per heavy atom. The third kappa shape index (κ3) is 4.07. The van der Waals surface area contributed by atoms with Gasteiger partial charge in [0, 0.05) is 45.5 Å². The molecule has 1 aromatic heterocycles. The first-order valence-electron chi connectivity index (χ1n) is 7.65. The summed E-state index contributed by atoms with van der Waals surface area (Å²) in [5.74, 6) is 0.335. The van der Waals surface area contributed by atoms with E-state index in [0.29, 0.717) is 5.96 Å². The number of rotatable bonds is 2. The lowest BCUT2D eigenvalue weighted by Crippen LogP contribution is -2.57. The zero-order valence-electron chi connectivity index (χ0n) is 14.6. The smallest absolute Gasteiger partial charge is 0.352 e. The number of nitrogens with one attached hydrogen (secondary N) is 1. The first kappa shape index (κ1) is 19.5. The summed E-state index contributed by atoms with van der Waals surface area (Å²) in [4.78, 5) is 5.81. The molecule has 0 spiro atoms. The number of hydrogen-bond acceptors (Lipinski definition) is 4. The average molecular weight is 381 g/mol. The highest BCUT2D eigenvalue weighted by atomic mass is 32.2. The van der Waals surface area contributed by atoms with E-state index in [9.17, 15) is 21.6 Å². The van der Waals surface area contributed by atoms with Gasteiger partial charge >= 0.3 is 6.18 Å². The van der Waals surface area contributed by atoms with Crippen molar-refractivity contribution in [2.45, 2.75) is 31.3 Å². The van der Waals surface area contributed by atoms with Crippen LogP contribution in [0.1, 0.15) is 25.1 Å². The van der Waals surface area contributed by atoms with Crippen LogP contribution in [0.25, 0.3) is 0 Å². The number of sulfone groups is 1. The van der Waals surface area contributed by atoms with Crippen LogP contribution in [0.15, 0.2) is 11.2 Å². The van der Waals surface area contributed by atoms with Crippen LogP contribution in [-0.4, -0.2) is 59.7 Å². The van der Waals surface area contributed by atoms with E-state index in [-0.39, 0.29) is 31.0 Å². The van der Waals surface area contributed by atoms with Crippen molar-refractivity contribution in [1.29, 1.82) is 0 Å². The molecule has 1 saturated heterocycles. The monoisotopic (exact) mass is 381 g/mol. The second-order valence-electron chi connectivity index (χ2n) is 6.58. The minimum atomic E-state index is -4.54. The first-order valence-corrected chi connectivity index (χ1v) is 9.30. The van der Waals surface area contributed by atoms with Crippen molar-refractivity contribution in [2.75, 3.05) is 25.9 Å². The molecular formula is C14H22F3N5O2S. The van der Waals surface area contributed by atoms with Crippen LogP contribution in [0, 0.1) is 0 Å². The molecule has 11 heteroatoms. The highest BCUT2D eigenvalue weighted by Crippen LogP contribution is 2.30. The van der Waals surface area contributed by atoms with Crippen LogP contribution in [0.5, 0.6) is 0 Å². The van der Waals surface area contributed by atoms with Gasteiger partial charge in [-0.3, -0.25) is 9.67 Å². The van der Waals surface area contributed by atoms with E-state index in [2.05, 4.69) is 15.4 Å². The Hall–Kier alpha value is -1.78. The number of alkyl halides is 3. The summed E-state index contributed by atoms with van der Waals surface area (Å²) in [7, 11) is -0.284. The summed E-state index contributed by atoms with van der Waals surface area (Å²) >= 11 is 0. The van der Waals surface area contributed by atoms with Gasteiger partial charge in [0.25, 0.3) is 0 Å². The van der Waals surface area contributed by atoms with Gasteiger partial charge in [0.1, 0.15) is 0 Å². The Balaban J connectivity index is 2.13. The second kappa shape index (κ2) is 6.50. The SMILES string of the molecule is CN=C(NCc1cn(C)nc1C(F)(F)F)N1CCS(=O)(=O)C(C)(C)C1. The molecule has 142 valence electrons. The maximum atomic E-state index is 13.0. The van der Waals surface area contributed by atoms with Gasteiger partial charge in [-0.05, 0) is 13.8 Å². The standard InChI is InChI=1S/C14H22F3N5O2S/c1-13(2)9-22(5-6-25(13,23)24)12(18-3)19-7-10-8-21(4)20-11(10)14(15,16)17/h8H,5-7,9H2,1-4H3,(H,18,19). The minimum Gasteiger partial charge on any atom is -0.352 e. The first-order chi connectivity index (χ1) is 11.4. The highest BCUT2D eigenvalue weighted by molar-refractivity contribution is 7.92. The summed E-state index contributed by atoms with van der Waals surface area (Å²) in [6.45, 7) is 3.60. The Morgan fingerprint density at radius 3 is 2.60 bits per heavy atom. The van der Waals surface area contributed by atoms with Gasteiger partial charge in [-0.2, -0.15) is 18.3 Å². The van der Waals surface area contributed by atoms with Crippen molar-refractivity contribution in [3.05, 3.63) is 17.5 Å². The maximum absolute atomic E-state index is 13.0. The van der Waals surface area contributed by atoms with Crippen LogP contribution in [-0.2, 0) is 29.6 Å². The minimum absolute atomic E-state index is 0.0000381.